The molecule has 0 saturated carbocycles. The zero-order chi connectivity index (χ0) is 36.4. The number of halogens is 14. The molecule has 0 fully saturated rings. The van der Waals surface area contributed by atoms with Gasteiger partial charge in [-0.1, -0.05) is 32.6 Å². The summed E-state index contributed by atoms with van der Waals surface area (Å²) >= 11 is 0. The van der Waals surface area contributed by atoms with Crippen molar-refractivity contribution in [2.45, 2.75) is 88.5 Å². The Labute approximate surface area is 263 Å². The predicted octanol–water partition coefficient (Wildman–Crippen LogP) is 8.92. The lowest BCUT2D eigenvalue weighted by Crippen LogP contribution is -2.57. The first-order chi connectivity index (χ1) is 22.0. The Morgan fingerprint density at radius 2 is 1.17 bits per heavy atom. The molecule has 0 N–H and O–H groups in total. The average Bonchev–Trinajstić information content (AvgIpc) is 2.94. The maximum atomic E-state index is 14.0. The van der Waals surface area contributed by atoms with Gasteiger partial charge in [-0.3, -0.25) is 0 Å². The van der Waals surface area contributed by atoms with Crippen molar-refractivity contribution in [3.63, 3.8) is 0 Å². The van der Waals surface area contributed by atoms with Crippen LogP contribution in [0.15, 0.2) is 36.7 Å². The molecule has 21 heteroatoms. The van der Waals surface area contributed by atoms with Crippen LogP contribution in [-0.4, -0.2) is 72.9 Å². The quantitative estimate of drug-likeness (QED) is 0.0940. The molecule has 2 rings (SSSR count). The number of hydrogen-bond donors (Lipinski definition) is 0. The van der Waals surface area contributed by atoms with Gasteiger partial charge in [0.05, 0.1) is 6.61 Å². The monoisotopic (exact) mass is 726 g/mol. The van der Waals surface area contributed by atoms with Crippen molar-refractivity contribution in [1.29, 1.82) is 0 Å². The third-order valence-electron chi connectivity index (χ3n) is 5.84. The fourth-order valence-corrected chi connectivity index (χ4v) is 3.57. The van der Waals surface area contributed by atoms with Gasteiger partial charge >= 0.3 is 36.9 Å². The van der Waals surface area contributed by atoms with Gasteiger partial charge in [0.2, 0.25) is 0 Å². The largest absolute Gasteiger partial charge is 0.527 e. The molecule has 0 amide bonds. The minimum atomic E-state index is -7.15. The van der Waals surface area contributed by atoms with E-state index in [2.05, 4.69) is 26.4 Å². The maximum absolute atomic E-state index is 14.0. The molecule has 0 radical (unpaired) electrons. The van der Waals surface area contributed by atoms with Crippen LogP contribution in [0.1, 0.15) is 44.6 Å². The molecule has 7 nitrogen and oxygen atoms in total. The second-order valence-corrected chi connectivity index (χ2v) is 9.98. The average molecular weight is 727 g/mol. The van der Waals surface area contributed by atoms with Gasteiger partial charge in [0, 0.05) is 18.0 Å². The molecule has 274 valence electrons. The number of unbranched alkanes of at least 4 members (excludes halogenated alkanes) is 4. The molecule has 0 saturated heterocycles. The summed E-state index contributed by atoms with van der Waals surface area (Å²) in [5, 5.41) is 0. The van der Waals surface area contributed by atoms with Crippen LogP contribution < -0.4 is 4.74 Å². The van der Waals surface area contributed by atoms with Crippen LogP contribution in [0.2, 0.25) is 0 Å². The number of aryl methyl sites for hydroxylation is 1. The minimum Gasteiger partial charge on any atom is -0.490 e. The maximum Gasteiger partial charge on any atom is 0.527 e. The van der Waals surface area contributed by atoms with Gasteiger partial charge in [-0.25, -0.2) is 28.6 Å². The summed E-state index contributed by atoms with van der Waals surface area (Å²) in [4.78, 5) is 8.59. The normalized spacial score (nSPS) is 14.3. The molecule has 1 aromatic heterocycles. The van der Waals surface area contributed by atoms with Crippen molar-refractivity contribution in [3.8, 4) is 17.1 Å². The Balaban J connectivity index is 1.83. The van der Waals surface area contributed by atoms with Crippen LogP contribution >= 0.6 is 0 Å². The van der Waals surface area contributed by atoms with Crippen LogP contribution in [0.5, 0.6) is 5.75 Å². The van der Waals surface area contributed by atoms with Crippen molar-refractivity contribution in [3.05, 3.63) is 42.2 Å². The van der Waals surface area contributed by atoms with Crippen molar-refractivity contribution >= 4 is 0 Å². The van der Waals surface area contributed by atoms with E-state index in [-0.39, 0.29) is 5.75 Å². The number of nitrogens with zero attached hydrogens (tertiary/aromatic N) is 2. The number of rotatable bonds is 21. The first kappa shape index (κ1) is 41.1. The predicted molar refractivity (Wildman–Crippen MR) is 135 cm³/mol. The van der Waals surface area contributed by atoms with Crippen molar-refractivity contribution in [1.82, 2.24) is 9.97 Å². The third-order valence-corrected chi connectivity index (χ3v) is 5.84. The van der Waals surface area contributed by atoms with E-state index in [1.165, 1.54) is 30.7 Å². The van der Waals surface area contributed by atoms with Crippen molar-refractivity contribution < 1.29 is 85.2 Å². The van der Waals surface area contributed by atoms with E-state index in [0.29, 0.717) is 11.4 Å². The van der Waals surface area contributed by atoms with Crippen LogP contribution in [0, 0.1) is 0 Å². The van der Waals surface area contributed by atoms with Crippen molar-refractivity contribution in [2.24, 2.45) is 0 Å². The summed E-state index contributed by atoms with van der Waals surface area (Å²) in [6, 6.07) is 5.82. The smallest absolute Gasteiger partial charge is 0.490 e. The second kappa shape index (κ2) is 16.6. The zero-order valence-corrected chi connectivity index (χ0v) is 24.6. The summed E-state index contributed by atoms with van der Waals surface area (Å²) in [5.41, 5.74) is 1.53. The molecule has 0 aliphatic carbocycles. The molecule has 0 aliphatic heterocycles. The molecular formula is C27H28F14N2O5. The lowest BCUT2D eigenvalue weighted by molar-refractivity contribution is -0.564. The van der Waals surface area contributed by atoms with Crippen molar-refractivity contribution in [2.75, 3.05) is 19.8 Å². The highest BCUT2D eigenvalue weighted by molar-refractivity contribution is 5.55. The molecule has 2 aromatic rings. The third kappa shape index (κ3) is 13.1. The van der Waals surface area contributed by atoms with Gasteiger partial charge in [-0.05, 0) is 42.7 Å². The first-order valence-corrected chi connectivity index (χ1v) is 13.8. The van der Waals surface area contributed by atoms with Crippen LogP contribution in [0.25, 0.3) is 11.4 Å². The summed E-state index contributed by atoms with van der Waals surface area (Å²) in [7, 11) is 0. The van der Waals surface area contributed by atoms with E-state index in [1.54, 1.807) is 21.9 Å². The molecule has 0 aliphatic rings. The summed E-state index contributed by atoms with van der Waals surface area (Å²) in [5.74, 6) is 0.455. The standard InChI is InChI=1S/C27H28F14N2O5/c1-2-3-4-5-6-7-17-12-42-21(43-13-17)18-8-10-20(11-9-18)45-15-19(28)14-44-16-22(29,30)46-23(31,32)24(33,34)47-25(35,36)26(37,38)48-27(39,40)41/h8-13,19H,2-7,14-16H2,1H3. The molecule has 1 aromatic carbocycles. The van der Waals surface area contributed by atoms with E-state index in [9.17, 15) is 61.5 Å². The Bertz CT molecular complexity index is 1250. The number of aromatic nitrogens is 2. The van der Waals surface area contributed by atoms with Crippen LogP contribution in [0.3, 0.4) is 0 Å². The number of benzene rings is 1. The van der Waals surface area contributed by atoms with E-state index in [0.717, 1.165) is 37.7 Å². The highest BCUT2D eigenvalue weighted by Gasteiger charge is 2.74. The van der Waals surface area contributed by atoms with E-state index >= 15 is 0 Å². The second-order valence-electron chi connectivity index (χ2n) is 9.98. The van der Waals surface area contributed by atoms with Crippen LogP contribution in [-0.2, 0) is 25.4 Å². The fourth-order valence-electron chi connectivity index (χ4n) is 3.57. The molecule has 1 atom stereocenters. The van der Waals surface area contributed by atoms with Gasteiger partial charge in [0.1, 0.15) is 19.0 Å². The molecule has 1 unspecified atom stereocenters. The van der Waals surface area contributed by atoms with Gasteiger partial charge in [-0.2, -0.15) is 43.9 Å². The molecule has 1 heterocycles. The zero-order valence-electron chi connectivity index (χ0n) is 24.6. The Kier molecular flexibility index (Phi) is 14.2. The highest BCUT2D eigenvalue weighted by atomic mass is 19.4. The summed E-state index contributed by atoms with van der Waals surface area (Å²) < 4.78 is 197. The molecule has 48 heavy (non-hydrogen) atoms. The van der Waals surface area contributed by atoms with Gasteiger partial charge in [0.25, 0.3) is 0 Å². The number of ether oxygens (including phenoxy) is 5. The van der Waals surface area contributed by atoms with E-state index < -0.39 is 62.9 Å². The Hall–Kier alpha value is -3.04. The van der Waals surface area contributed by atoms with E-state index in [4.69, 9.17) is 4.74 Å². The summed E-state index contributed by atoms with van der Waals surface area (Å²) in [6.07, 6.45) is -32.8. The Morgan fingerprint density at radius 3 is 1.71 bits per heavy atom. The minimum absolute atomic E-state index is 0.0728. The van der Waals surface area contributed by atoms with Gasteiger partial charge < -0.3 is 9.47 Å². The van der Waals surface area contributed by atoms with E-state index in [1.807, 2.05) is 0 Å². The molecule has 0 bridgehead atoms. The first-order valence-electron chi connectivity index (χ1n) is 13.8. The van der Waals surface area contributed by atoms with Crippen LogP contribution in [0.4, 0.5) is 61.5 Å². The SMILES string of the molecule is CCCCCCCc1cnc(-c2ccc(OCC(F)COCC(F)(F)OC(F)(F)C(F)(F)OC(F)(F)C(F)(F)OC(F)(F)F)cc2)nc1. The molecule has 0 spiro atoms. The summed E-state index contributed by atoms with van der Waals surface area (Å²) in [6.45, 7) is -2.50. The topological polar surface area (TPSA) is 71.9 Å². The Morgan fingerprint density at radius 1 is 0.646 bits per heavy atom. The van der Waals surface area contributed by atoms with Gasteiger partial charge in [0.15, 0.2) is 12.0 Å². The van der Waals surface area contributed by atoms with Gasteiger partial charge in [-0.15, -0.1) is 13.2 Å². The fraction of sp³-hybridized carbons (Fsp3) is 0.630. The number of alkyl halides is 14. The molecular weight excluding hydrogens is 698 g/mol. The highest BCUT2D eigenvalue weighted by Crippen LogP contribution is 2.48. The number of hydrogen-bond acceptors (Lipinski definition) is 7. The lowest BCUT2D eigenvalue weighted by Gasteiger charge is -2.33. The lowest BCUT2D eigenvalue weighted by atomic mass is 10.1.